The summed E-state index contributed by atoms with van der Waals surface area (Å²) in [6, 6.07) is 10.0. The number of halogens is 3. The molecule has 0 aliphatic heterocycles. The van der Waals surface area contributed by atoms with E-state index >= 15 is 0 Å². The van der Waals surface area contributed by atoms with Crippen molar-refractivity contribution >= 4 is 11.6 Å². The van der Waals surface area contributed by atoms with Gasteiger partial charge in [-0.05, 0) is 37.0 Å². The topological polar surface area (TPSA) is 77.1 Å². The molecule has 0 aliphatic carbocycles. The van der Waals surface area contributed by atoms with Crippen LogP contribution in [0.4, 0.5) is 13.2 Å². The number of hydrogen-bond donors (Lipinski definition) is 1. The van der Waals surface area contributed by atoms with Crippen molar-refractivity contribution < 1.29 is 18.0 Å². The summed E-state index contributed by atoms with van der Waals surface area (Å²) in [6.45, 7) is 6.95. The fourth-order valence-corrected chi connectivity index (χ4v) is 3.67. The van der Waals surface area contributed by atoms with Gasteiger partial charge in [-0.3, -0.25) is 9.48 Å². The van der Waals surface area contributed by atoms with E-state index in [1.807, 2.05) is 43.7 Å². The molecule has 0 saturated carbocycles. The average molecular weight is 470 g/mol. The number of nitrogens with zero attached hydrogens (tertiary/aromatic N) is 5. The second kappa shape index (κ2) is 9.28. The van der Waals surface area contributed by atoms with Crippen LogP contribution < -0.4 is 5.32 Å². The molecule has 1 amide bonds. The van der Waals surface area contributed by atoms with Gasteiger partial charge in [-0.15, -0.1) is 0 Å². The summed E-state index contributed by atoms with van der Waals surface area (Å²) in [5.41, 5.74) is 1.58. The van der Waals surface area contributed by atoms with Crippen LogP contribution in [-0.2, 0) is 12.7 Å². The molecule has 3 heterocycles. The van der Waals surface area contributed by atoms with Gasteiger partial charge >= 0.3 is 6.18 Å². The van der Waals surface area contributed by atoms with Gasteiger partial charge in [0.2, 0.25) is 0 Å². The first-order chi connectivity index (χ1) is 16.1. The van der Waals surface area contributed by atoms with Gasteiger partial charge in [-0.2, -0.15) is 23.4 Å². The third kappa shape index (κ3) is 4.80. The highest BCUT2D eigenvalue weighted by Crippen LogP contribution is 2.33. The Morgan fingerprint density at radius 2 is 1.85 bits per heavy atom. The van der Waals surface area contributed by atoms with Gasteiger partial charge in [-0.1, -0.05) is 38.1 Å². The van der Waals surface area contributed by atoms with Crippen LogP contribution >= 0.6 is 0 Å². The van der Waals surface area contributed by atoms with E-state index in [0.717, 1.165) is 23.5 Å². The zero-order valence-electron chi connectivity index (χ0n) is 19.1. The van der Waals surface area contributed by atoms with Crippen molar-refractivity contribution in [3.63, 3.8) is 0 Å². The predicted octanol–water partition coefficient (Wildman–Crippen LogP) is 4.86. The molecule has 7 nitrogen and oxygen atoms in total. The maximum absolute atomic E-state index is 13.8. The van der Waals surface area contributed by atoms with Crippen molar-refractivity contribution in [1.82, 2.24) is 29.7 Å². The molecule has 0 unspecified atom stereocenters. The standard InChI is InChI=1S/C24H25F3N6O/c1-15(2)17-5-7-18(8-6-17)20-13-21(24(25,26)27)33-22(31-20)19(14-30-33)23(34)28-10-4-12-32-16(3)9-11-29-32/h5-9,11,13-15H,4,10,12H2,1-3H3,(H,28,34). The predicted molar refractivity (Wildman–Crippen MR) is 121 cm³/mol. The van der Waals surface area contributed by atoms with Crippen molar-refractivity contribution in [2.45, 2.75) is 45.8 Å². The lowest BCUT2D eigenvalue weighted by atomic mass is 10.0. The lowest BCUT2D eigenvalue weighted by Gasteiger charge is -2.12. The number of nitrogens with one attached hydrogen (secondary N) is 1. The number of benzene rings is 1. The van der Waals surface area contributed by atoms with Crippen molar-refractivity contribution in [3.05, 3.63) is 71.3 Å². The van der Waals surface area contributed by atoms with Gasteiger partial charge in [-0.25, -0.2) is 9.50 Å². The Bertz CT molecular complexity index is 1300. The molecule has 10 heteroatoms. The molecule has 0 bridgehead atoms. The minimum atomic E-state index is -4.67. The maximum Gasteiger partial charge on any atom is 0.433 e. The first-order valence-electron chi connectivity index (χ1n) is 11.0. The largest absolute Gasteiger partial charge is 0.433 e. The molecule has 0 spiro atoms. The Balaban J connectivity index is 1.62. The Morgan fingerprint density at radius 1 is 1.12 bits per heavy atom. The fraction of sp³-hybridized carbons (Fsp3) is 0.333. The second-order valence-electron chi connectivity index (χ2n) is 8.40. The number of alkyl halides is 3. The van der Waals surface area contributed by atoms with E-state index < -0.39 is 17.8 Å². The molecule has 0 saturated heterocycles. The van der Waals surface area contributed by atoms with E-state index in [1.165, 1.54) is 0 Å². The van der Waals surface area contributed by atoms with Crippen LogP contribution in [0.15, 0.2) is 48.8 Å². The van der Waals surface area contributed by atoms with E-state index in [-0.39, 0.29) is 22.8 Å². The summed E-state index contributed by atoms with van der Waals surface area (Å²) >= 11 is 0. The third-order valence-electron chi connectivity index (χ3n) is 5.64. The van der Waals surface area contributed by atoms with Crippen molar-refractivity contribution in [2.24, 2.45) is 0 Å². The molecule has 4 aromatic rings. The number of fused-ring (bicyclic) bond motifs is 1. The third-order valence-corrected chi connectivity index (χ3v) is 5.64. The summed E-state index contributed by atoms with van der Waals surface area (Å²) in [5.74, 6) is -0.238. The summed E-state index contributed by atoms with van der Waals surface area (Å²) in [6.07, 6.45) is -1.24. The van der Waals surface area contributed by atoms with Crippen LogP contribution in [0.1, 0.15) is 53.5 Å². The molecule has 1 N–H and O–H groups in total. The highest BCUT2D eigenvalue weighted by Gasteiger charge is 2.36. The van der Waals surface area contributed by atoms with Gasteiger partial charge in [0.1, 0.15) is 5.56 Å². The van der Waals surface area contributed by atoms with Crippen LogP contribution in [-0.4, -0.2) is 36.8 Å². The zero-order valence-corrected chi connectivity index (χ0v) is 19.1. The summed E-state index contributed by atoms with van der Waals surface area (Å²) in [4.78, 5) is 17.1. The number of aromatic nitrogens is 5. The number of carbonyl (C=O) groups is 1. The summed E-state index contributed by atoms with van der Waals surface area (Å²) in [5, 5.41) is 10.7. The van der Waals surface area contributed by atoms with Gasteiger partial charge in [0, 0.05) is 30.5 Å². The van der Waals surface area contributed by atoms with Crippen LogP contribution in [0.25, 0.3) is 16.9 Å². The van der Waals surface area contributed by atoms with E-state index in [9.17, 15) is 18.0 Å². The molecule has 0 aliphatic rings. The van der Waals surface area contributed by atoms with Crippen LogP contribution in [0.3, 0.4) is 0 Å². The number of aryl methyl sites for hydroxylation is 2. The Kier molecular flexibility index (Phi) is 6.41. The highest BCUT2D eigenvalue weighted by atomic mass is 19.4. The molecular weight excluding hydrogens is 445 g/mol. The average Bonchev–Trinajstić information content (AvgIpc) is 3.41. The van der Waals surface area contributed by atoms with Crippen LogP contribution in [0.2, 0.25) is 0 Å². The van der Waals surface area contributed by atoms with Crippen LogP contribution in [0.5, 0.6) is 0 Å². The molecule has 1 aromatic carbocycles. The second-order valence-corrected chi connectivity index (χ2v) is 8.40. The zero-order chi connectivity index (χ0) is 24.5. The fourth-order valence-electron chi connectivity index (χ4n) is 3.67. The van der Waals surface area contributed by atoms with Crippen molar-refractivity contribution in [3.8, 4) is 11.3 Å². The number of rotatable bonds is 7. The van der Waals surface area contributed by atoms with E-state index in [2.05, 4.69) is 20.5 Å². The molecule has 34 heavy (non-hydrogen) atoms. The normalized spacial score (nSPS) is 12.0. The van der Waals surface area contributed by atoms with E-state index in [1.54, 1.807) is 18.3 Å². The van der Waals surface area contributed by atoms with Gasteiger partial charge in [0.05, 0.1) is 11.9 Å². The summed E-state index contributed by atoms with van der Waals surface area (Å²) < 4.78 is 43.9. The first kappa shape index (κ1) is 23.5. The maximum atomic E-state index is 13.8. The van der Waals surface area contributed by atoms with Gasteiger partial charge < -0.3 is 5.32 Å². The quantitative estimate of drug-likeness (QED) is 0.391. The number of carbonyl (C=O) groups excluding carboxylic acids is 1. The molecule has 0 radical (unpaired) electrons. The van der Waals surface area contributed by atoms with Gasteiger partial charge in [0.15, 0.2) is 11.3 Å². The van der Waals surface area contributed by atoms with E-state index in [4.69, 9.17) is 0 Å². The minimum Gasteiger partial charge on any atom is -0.352 e. The Labute approximate surface area is 194 Å². The molecule has 4 rings (SSSR count). The molecule has 0 atom stereocenters. The van der Waals surface area contributed by atoms with Crippen molar-refractivity contribution in [2.75, 3.05) is 6.54 Å². The molecule has 3 aromatic heterocycles. The lowest BCUT2D eigenvalue weighted by molar-refractivity contribution is -0.142. The Morgan fingerprint density at radius 3 is 2.47 bits per heavy atom. The highest BCUT2D eigenvalue weighted by molar-refractivity contribution is 5.99. The van der Waals surface area contributed by atoms with Crippen molar-refractivity contribution in [1.29, 1.82) is 0 Å². The van der Waals surface area contributed by atoms with E-state index in [0.29, 0.717) is 29.6 Å². The summed E-state index contributed by atoms with van der Waals surface area (Å²) in [7, 11) is 0. The lowest BCUT2D eigenvalue weighted by Crippen LogP contribution is -2.25. The SMILES string of the molecule is Cc1ccnn1CCCNC(=O)c1cnn2c(C(F)(F)F)cc(-c3ccc(C(C)C)cc3)nc12. The Hall–Kier alpha value is -3.69. The molecule has 178 valence electrons. The van der Waals surface area contributed by atoms with Crippen LogP contribution in [0, 0.1) is 6.92 Å². The smallest absolute Gasteiger partial charge is 0.352 e. The molecule has 0 fully saturated rings. The molecular formula is C24H25F3N6O. The number of hydrogen-bond acceptors (Lipinski definition) is 4. The first-order valence-corrected chi connectivity index (χ1v) is 11.0. The minimum absolute atomic E-state index is 0.0126. The van der Waals surface area contributed by atoms with Gasteiger partial charge in [0.25, 0.3) is 5.91 Å². The number of amides is 1. The monoisotopic (exact) mass is 470 g/mol.